The second kappa shape index (κ2) is 7.59. The highest BCUT2D eigenvalue weighted by atomic mass is 16.2. The minimum Gasteiger partial charge on any atom is -0.351 e. The summed E-state index contributed by atoms with van der Waals surface area (Å²) in [5.74, 6) is -0.0647. The van der Waals surface area contributed by atoms with Gasteiger partial charge in [0.15, 0.2) is 6.04 Å². The second-order valence-corrected chi connectivity index (χ2v) is 7.81. The van der Waals surface area contributed by atoms with Crippen LogP contribution in [-0.4, -0.2) is 27.3 Å². The zero-order valence-electron chi connectivity index (χ0n) is 15.9. The number of nitrogens with one attached hydrogen (secondary N) is 1. The Morgan fingerprint density at radius 1 is 1.11 bits per heavy atom. The lowest BCUT2D eigenvalue weighted by Crippen LogP contribution is -2.50. The predicted molar refractivity (Wildman–Crippen MR) is 104 cm³/mol. The Labute approximate surface area is 160 Å². The summed E-state index contributed by atoms with van der Waals surface area (Å²) in [6, 6.07) is 11.7. The third kappa shape index (κ3) is 3.77. The highest BCUT2D eigenvalue weighted by Crippen LogP contribution is 2.29. The monoisotopic (exact) mass is 365 g/mol. The Morgan fingerprint density at radius 2 is 1.85 bits per heavy atom. The largest absolute Gasteiger partial charge is 0.351 e. The van der Waals surface area contributed by atoms with Gasteiger partial charge >= 0.3 is 0 Å². The maximum Gasteiger partial charge on any atom is 0.249 e. The molecule has 1 aromatic carbocycles. The van der Waals surface area contributed by atoms with Crippen LogP contribution in [-0.2, 0) is 22.7 Å². The van der Waals surface area contributed by atoms with E-state index in [-0.39, 0.29) is 17.9 Å². The minimum absolute atomic E-state index is 0.0110. The highest BCUT2D eigenvalue weighted by molar-refractivity contribution is 5.90. The molecule has 1 fully saturated rings. The summed E-state index contributed by atoms with van der Waals surface area (Å²) >= 11 is 0. The van der Waals surface area contributed by atoms with Crippen molar-refractivity contribution in [3.8, 4) is 0 Å². The molecule has 1 unspecified atom stereocenters. The lowest BCUT2D eigenvalue weighted by atomic mass is 9.95. The molecule has 1 aliphatic heterocycles. The van der Waals surface area contributed by atoms with Crippen LogP contribution in [0.2, 0.25) is 0 Å². The summed E-state index contributed by atoms with van der Waals surface area (Å²) < 4.78 is 1.90. The van der Waals surface area contributed by atoms with Gasteiger partial charge in [-0.15, -0.1) is 0 Å². The third-order valence-corrected chi connectivity index (χ3v) is 5.76. The first-order valence-electron chi connectivity index (χ1n) is 9.92. The van der Waals surface area contributed by atoms with Gasteiger partial charge in [0.2, 0.25) is 11.8 Å². The number of carbonyl (C=O) groups excluding carboxylic acids is 2. The van der Waals surface area contributed by atoms with E-state index in [1.807, 2.05) is 54.1 Å². The number of amides is 2. The molecule has 0 spiro atoms. The van der Waals surface area contributed by atoms with Crippen molar-refractivity contribution in [2.45, 2.75) is 64.2 Å². The van der Waals surface area contributed by atoms with E-state index in [0.29, 0.717) is 13.1 Å². The molecule has 4 rings (SSSR count). The summed E-state index contributed by atoms with van der Waals surface area (Å²) in [5, 5.41) is 3.22. The standard InChI is InChI=1S/C22H27N3O2/c1-16-9-11-17(12-10-16)14-25-20(26)15-24-13-5-8-19(24)21(25)22(27)23-18-6-3-2-4-7-18/h5,8-13,18,21H,2-4,6-7,14-15H2,1H3,(H,23,27). The molecule has 2 heterocycles. The van der Waals surface area contributed by atoms with Crippen LogP contribution in [0.15, 0.2) is 42.6 Å². The Balaban J connectivity index is 1.59. The molecular formula is C22H27N3O2. The van der Waals surface area contributed by atoms with E-state index in [1.165, 1.54) is 12.0 Å². The van der Waals surface area contributed by atoms with Gasteiger partial charge in [-0.25, -0.2) is 0 Å². The molecule has 5 nitrogen and oxygen atoms in total. The van der Waals surface area contributed by atoms with E-state index in [4.69, 9.17) is 0 Å². The van der Waals surface area contributed by atoms with Gasteiger partial charge in [0.1, 0.15) is 6.54 Å². The van der Waals surface area contributed by atoms with Gasteiger partial charge in [0.05, 0.1) is 5.69 Å². The number of hydrogen-bond donors (Lipinski definition) is 1. The summed E-state index contributed by atoms with van der Waals surface area (Å²) in [7, 11) is 0. The van der Waals surface area contributed by atoms with Gasteiger partial charge in [-0.1, -0.05) is 49.1 Å². The predicted octanol–water partition coefficient (Wildman–Crippen LogP) is 3.33. The zero-order chi connectivity index (χ0) is 18.8. The molecule has 2 aromatic rings. The van der Waals surface area contributed by atoms with Crippen molar-refractivity contribution in [3.05, 3.63) is 59.4 Å². The molecule has 1 aromatic heterocycles. The second-order valence-electron chi connectivity index (χ2n) is 7.81. The average Bonchev–Trinajstić information content (AvgIpc) is 3.12. The van der Waals surface area contributed by atoms with Crippen LogP contribution in [0, 0.1) is 6.92 Å². The summed E-state index contributed by atoms with van der Waals surface area (Å²) in [6.07, 6.45) is 7.53. The molecule has 1 aliphatic carbocycles. The molecular weight excluding hydrogens is 338 g/mol. The molecule has 2 amide bonds. The van der Waals surface area contributed by atoms with Crippen LogP contribution in [0.4, 0.5) is 0 Å². The lowest BCUT2D eigenvalue weighted by molar-refractivity contribution is -0.144. The van der Waals surface area contributed by atoms with Crippen LogP contribution in [0.5, 0.6) is 0 Å². The smallest absolute Gasteiger partial charge is 0.249 e. The van der Waals surface area contributed by atoms with Gasteiger partial charge in [0.25, 0.3) is 0 Å². The maximum atomic E-state index is 13.2. The molecule has 5 heteroatoms. The number of fused-ring (bicyclic) bond motifs is 1. The first kappa shape index (κ1) is 17.8. The van der Waals surface area contributed by atoms with E-state index in [0.717, 1.165) is 36.9 Å². The normalized spacial score (nSPS) is 20.4. The van der Waals surface area contributed by atoms with Crippen LogP contribution < -0.4 is 5.32 Å². The van der Waals surface area contributed by atoms with Crippen molar-refractivity contribution in [1.82, 2.24) is 14.8 Å². The number of hydrogen-bond acceptors (Lipinski definition) is 2. The molecule has 1 N–H and O–H groups in total. The number of aromatic nitrogens is 1. The summed E-state index contributed by atoms with van der Waals surface area (Å²) in [5.41, 5.74) is 3.13. The average molecular weight is 365 g/mol. The van der Waals surface area contributed by atoms with Crippen LogP contribution in [0.25, 0.3) is 0 Å². The van der Waals surface area contributed by atoms with Crippen molar-refractivity contribution in [3.63, 3.8) is 0 Å². The van der Waals surface area contributed by atoms with E-state index in [2.05, 4.69) is 5.32 Å². The van der Waals surface area contributed by atoms with Gasteiger partial charge in [-0.3, -0.25) is 9.59 Å². The highest BCUT2D eigenvalue weighted by Gasteiger charge is 2.38. The van der Waals surface area contributed by atoms with Crippen LogP contribution in [0.3, 0.4) is 0 Å². The number of rotatable bonds is 4. The van der Waals surface area contributed by atoms with E-state index < -0.39 is 6.04 Å². The number of nitrogens with zero attached hydrogens (tertiary/aromatic N) is 2. The van der Waals surface area contributed by atoms with Crippen molar-refractivity contribution in [2.24, 2.45) is 0 Å². The van der Waals surface area contributed by atoms with E-state index >= 15 is 0 Å². The minimum atomic E-state index is -0.565. The summed E-state index contributed by atoms with van der Waals surface area (Å²) in [4.78, 5) is 27.8. The van der Waals surface area contributed by atoms with E-state index in [1.54, 1.807) is 4.90 Å². The zero-order valence-corrected chi connectivity index (χ0v) is 15.9. The maximum absolute atomic E-state index is 13.2. The first-order chi connectivity index (χ1) is 13.1. The van der Waals surface area contributed by atoms with Crippen molar-refractivity contribution in [1.29, 1.82) is 0 Å². The molecule has 142 valence electrons. The molecule has 0 bridgehead atoms. The fourth-order valence-electron chi connectivity index (χ4n) is 4.23. The molecule has 1 saturated carbocycles. The third-order valence-electron chi connectivity index (χ3n) is 5.76. The number of benzene rings is 1. The van der Waals surface area contributed by atoms with Crippen molar-refractivity contribution >= 4 is 11.8 Å². The Morgan fingerprint density at radius 3 is 2.59 bits per heavy atom. The Bertz CT molecular complexity index is 818. The van der Waals surface area contributed by atoms with Crippen LogP contribution in [0.1, 0.15) is 55.0 Å². The quantitative estimate of drug-likeness (QED) is 0.904. The first-order valence-corrected chi connectivity index (χ1v) is 9.92. The molecule has 0 radical (unpaired) electrons. The lowest BCUT2D eigenvalue weighted by Gasteiger charge is -2.37. The summed E-state index contributed by atoms with van der Waals surface area (Å²) in [6.45, 7) is 2.79. The van der Waals surface area contributed by atoms with Gasteiger partial charge in [-0.2, -0.15) is 0 Å². The van der Waals surface area contributed by atoms with E-state index in [9.17, 15) is 9.59 Å². The molecule has 2 aliphatic rings. The number of carbonyl (C=O) groups is 2. The van der Waals surface area contributed by atoms with Gasteiger partial charge in [0, 0.05) is 18.8 Å². The van der Waals surface area contributed by atoms with Gasteiger partial charge in [-0.05, 0) is 37.5 Å². The molecule has 1 atom stereocenters. The van der Waals surface area contributed by atoms with Gasteiger partial charge < -0.3 is 14.8 Å². The molecule has 27 heavy (non-hydrogen) atoms. The fraction of sp³-hybridized carbons (Fsp3) is 0.455. The molecule has 0 saturated heterocycles. The Kier molecular flexibility index (Phi) is 5.01. The van der Waals surface area contributed by atoms with Crippen LogP contribution >= 0.6 is 0 Å². The fourth-order valence-corrected chi connectivity index (χ4v) is 4.23. The Hall–Kier alpha value is -2.56. The van der Waals surface area contributed by atoms with Crippen molar-refractivity contribution in [2.75, 3.05) is 0 Å². The SMILES string of the molecule is Cc1ccc(CN2C(=O)Cn3cccc3C2C(=O)NC2CCCCC2)cc1. The number of aryl methyl sites for hydroxylation is 1. The topological polar surface area (TPSA) is 54.3 Å². The van der Waals surface area contributed by atoms with Crippen molar-refractivity contribution < 1.29 is 9.59 Å².